The predicted octanol–water partition coefficient (Wildman–Crippen LogP) is 2.70. The molecule has 1 fully saturated rings. The molecule has 0 saturated heterocycles. The van der Waals surface area contributed by atoms with Gasteiger partial charge in [-0.1, -0.05) is 17.7 Å². The van der Waals surface area contributed by atoms with Crippen LogP contribution in [0.2, 0.25) is 0 Å². The number of ether oxygens (including phenoxy) is 1. The van der Waals surface area contributed by atoms with E-state index in [1.807, 2.05) is 6.92 Å². The summed E-state index contributed by atoms with van der Waals surface area (Å²) in [5.74, 6) is 0.0617. The Balaban J connectivity index is 1.87. The van der Waals surface area contributed by atoms with Gasteiger partial charge in [-0.15, -0.1) is 0 Å². The normalized spacial score (nSPS) is 21.1. The second-order valence-corrected chi connectivity index (χ2v) is 5.82. The van der Waals surface area contributed by atoms with E-state index in [0.29, 0.717) is 18.4 Å². The monoisotopic (exact) mass is 328 g/mol. The molecule has 0 atom stereocenters. The molecule has 7 heteroatoms. The molecular formula is C16H22F2N2O3. The van der Waals surface area contributed by atoms with Gasteiger partial charge in [0.1, 0.15) is 5.75 Å². The van der Waals surface area contributed by atoms with Crippen molar-refractivity contribution in [3.05, 3.63) is 29.3 Å². The summed E-state index contributed by atoms with van der Waals surface area (Å²) >= 11 is 0. The molecule has 3 N–H and O–H groups in total. The molecule has 1 saturated carbocycles. The third-order valence-electron chi connectivity index (χ3n) is 3.90. The fourth-order valence-electron chi connectivity index (χ4n) is 2.69. The fraction of sp³-hybridized carbons (Fsp3) is 0.562. The first-order valence-corrected chi connectivity index (χ1v) is 7.71. The first kappa shape index (κ1) is 17.5. The van der Waals surface area contributed by atoms with Gasteiger partial charge in [0.05, 0.1) is 6.10 Å². The molecule has 1 aromatic carbocycles. The minimum atomic E-state index is -2.90. The third-order valence-corrected chi connectivity index (χ3v) is 3.90. The van der Waals surface area contributed by atoms with Gasteiger partial charge in [-0.05, 0) is 38.7 Å². The van der Waals surface area contributed by atoms with Gasteiger partial charge in [0.15, 0.2) is 0 Å². The summed E-state index contributed by atoms with van der Waals surface area (Å²) in [6.07, 6.45) is 2.54. The van der Waals surface area contributed by atoms with Crippen LogP contribution in [0.5, 0.6) is 5.75 Å². The molecule has 1 aliphatic rings. The minimum absolute atomic E-state index is 0.0349. The van der Waals surface area contributed by atoms with Crippen LogP contribution in [0.4, 0.5) is 13.6 Å². The molecule has 0 bridgehead atoms. The zero-order valence-corrected chi connectivity index (χ0v) is 13.0. The molecule has 5 nitrogen and oxygen atoms in total. The highest BCUT2D eigenvalue weighted by Crippen LogP contribution is 2.22. The summed E-state index contributed by atoms with van der Waals surface area (Å²) in [6.45, 7) is -0.965. The van der Waals surface area contributed by atoms with Crippen molar-refractivity contribution in [3.8, 4) is 5.75 Å². The lowest BCUT2D eigenvalue weighted by molar-refractivity contribution is -0.0504. The predicted molar refractivity (Wildman–Crippen MR) is 81.4 cm³/mol. The molecule has 1 aliphatic carbocycles. The number of amides is 2. The number of hydrogen-bond donors (Lipinski definition) is 3. The Labute approximate surface area is 134 Å². The Morgan fingerprint density at radius 3 is 2.70 bits per heavy atom. The first-order chi connectivity index (χ1) is 10.9. The van der Waals surface area contributed by atoms with E-state index in [4.69, 9.17) is 0 Å². The second kappa shape index (κ2) is 8.10. The van der Waals surface area contributed by atoms with Gasteiger partial charge >= 0.3 is 12.6 Å². The van der Waals surface area contributed by atoms with Gasteiger partial charge in [-0.2, -0.15) is 8.78 Å². The van der Waals surface area contributed by atoms with Crippen LogP contribution < -0.4 is 15.4 Å². The van der Waals surface area contributed by atoms with Crippen molar-refractivity contribution >= 4 is 6.03 Å². The number of alkyl halides is 2. The number of halogens is 2. The molecule has 0 unspecified atom stereocenters. The average molecular weight is 328 g/mol. The van der Waals surface area contributed by atoms with E-state index in [-0.39, 0.29) is 30.5 Å². The number of aryl methyl sites for hydroxylation is 1. The molecule has 0 aliphatic heterocycles. The highest BCUT2D eigenvalue weighted by atomic mass is 19.3. The molecule has 2 rings (SSSR count). The summed E-state index contributed by atoms with van der Waals surface area (Å²) in [7, 11) is 0. The second-order valence-electron chi connectivity index (χ2n) is 5.82. The number of benzene rings is 1. The SMILES string of the molecule is Cc1ccc(OC(F)F)c(CNC(=O)NC2CCC(O)CC2)c1. The van der Waals surface area contributed by atoms with Crippen LogP contribution in [0.25, 0.3) is 0 Å². The van der Waals surface area contributed by atoms with Crippen LogP contribution in [-0.4, -0.2) is 29.9 Å². The first-order valence-electron chi connectivity index (χ1n) is 7.71. The summed E-state index contributed by atoms with van der Waals surface area (Å²) in [6, 6.07) is 4.53. The number of urea groups is 1. The van der Waals surface area contributed by atoms with Gasteiger partial charge in [0.2, 0.25) is 0 Å². The number of aliphatic hydroxyl groups excluding tert-OH is 1. The molecule has 0 spiro atoms. The van der Waals surface area contributed by atoms with E-state index in [2.05, 4.69) is 15.4 Å². The molecule has 1 aromatic rings. The van der Waals surface area contributed by atoms with E-state index in [9.17, 15) is 18.7 Å². The standard InChI is InChI=1S/C16H22F2N2O3/c1-10-2-7-14(23-15(17)18)11(8-10)9-19-16(22)20-12-3-5-13(21)6-4-12/h2,7-8,12-13,15,21H,3-6,9H2,1H3,(H2,19,20,22). The number of carbonyl (C=O) groups excluding carboxylic acids is 1. The van der Waals surface area contributed by atoms with E-state index in [1.165, 1.54) is 6.07 Å². The Morgan fingerprint density at radius 2 is 2.04 bits per heavy atom. The highest BCUT2D eigenvalue weighted by Gasteiger charge is 2.20. The summed E-state index contributed by atoms with van der Waals surface area (Å²) in [4.78, 5) is 11.9. The molecule has 23 heavy (non-hydrogen) atoms. The van der Waals surface area contributed by atoms with Gasteiger partial charge < -0.3 is 20.5 Å². The maximum atomic E-state index is 12.4. The van der Waals surface area contributed by atoms with Crippen LogP contribution in [0.15, 0.2) is 18.2 Å². The molecule has 0 aromatic heterocycles. The van der Waals surface area contributed by atoms with Crippen LogP contribution in [0, 0.1) is 6.92 Å². The third kappa shape index (κ3) is 5.67. The number of rotatable bonds is 5. The maximum absolute atomic E-state index is 12.4. The van der Waals surface area contributed by atoms with Crippen LogP contribution in [-0.2, 0) is 6.54 Å². The average Bonchev–Trinajstić information content (AvgIpc) is 2.49. The van der Waals surface area contributed by atoms with E-state index < -0.39 is 6.61 Å². The van der Waals surface area contributed by atoms with Crippen molar-refractivity contribution < 1.29 is 23.4 Å². The fourth-order valence-corrected chi connectivity index (χ4v) is 2.69. The zero-order valence-electron chi connectivity index (χ0n) is 13.0. The van der Waals surface area contributed by atoms with Crippen molar-refractivity contribution in [2.75, 3.05) is 0 Å². The lowest BCUT2D eigenvalue weighted by Gasteiger charge is -2.26. The van der Waals surface area contributed by atoms with Crippen molar-refractivity contribution in [1.82, 2.24) is 10.6 Å². The number of nitrogens with one attached hydrogen (secondary N) is 2. The number of hydrogen-bond acceptors (Lipinski definition) is 3. The van der Waals surface area contributed by atoms with Crippen molar-refractivity contribution in [2.45, 2.75) is 57.9 Å². The van der Waals surface area contributed by atoms with Crippen molar-refractivity contribution in [1.29, 1.82) is 0 Å². The largest absolute Gasteiger partial charge is 0.434 e. The lowest BCUT2D eigenvalue weighted by atomic mass is 9.93. The van der Waals surface area contributed by atoms with Gasteiger partial charge in [-0.25, -0.2) is 4.79 Å². The minimum Gasteiger partial charge on any atom is -0.434 e. The van der Waals surface area contributed by atoms with Crippen LogP contribution in [0.1, 0.15) is 36.8 Å². The van der Waals surface area contributed by atoms with Crippen LogP contribution in [0.3, 0.4) is 0 Å². The Morgan fingerprint density at radius 1 is 1.35 bits per heavy atom. The Kier molecular flexibility index (Phi) is 6.15. The van der Waals surface area contributed by atoms with E-state index >= 15 is 0 Å². The smallest absolute Gasteiger partial charge is 0.387 e. The quantitative estimate of drug-likeness (QED) is 0.778. The Bertz CT molecular complexity index is 532. The molecule has 2 amide bonds. The topological polar surface area (TPSA) is 70.6 Å². The highest BCUT2D eigenvalue weighted by molar-refractivity contribution is 5.74. The molecule has 0 heterocycles. The maximum Gasteiger partial charge on any atom is 0.387 e. The van der Waals surface area contributed by atoms with Gasteiger partial charge in [0.25, 0.3) is 0 Å². The summed E-state index contributed by atoms with van der Waals surface area (Å²) < 4.78 is 29.3. The number of aliphatic hydroxyl groups is 1. The van der Waals surface area contributed by atoms with E-state index in [0.717, 1.165) is 18.4 Å². The lowest BCUT2D eigenvalue weighted by Crippen LogP contribution is -2.43. The molecule has 128 valence electrons. The molecular weight excluding hydrogens is 306 g/mol. The van der Waals surface area contributed by atoms with Gasteiger partial charge in [-0.3, -0.25) is 0 Å². The van der Waals surface area contributed by atoms with Crippen molar-refractivity contribution in [3.63, 3.8) is 0 Å². The zero-order chi connectivity index (χ0) is 16.8. The Hall–Kier alpha value is -1.89. The summed E-state index contributed by atoms with van der Waals surface area (Å²) in [5.41, 5.74) is 1.39. The van der Waals surface area contributed by atoms with Crippen molar-refractivity contribution in [2.24, 2.45) is 0 Å². The van der Waals surface area contributed by atoms with Crippen LogP contribution >= 0.6 is 0 Å². The molecule has 0 radical (unpaired) electrons. The van der Waals surface area contributed by atoms with E-state index in [1.54, 1.807) is 12.1 Å². The van der Waals surface area contributed by atoms with Gasteiger partial charge in [0, 0.05) is 18.2 Å². The summed E-state index contributed by atoms with van der Waals surface area (Å²) in [5, 5.41) is 14.9. The number of carbonyl (C=O) groups is 1.